The van der Waals surface area contributed by atoms with E-state index in [1.165, 1.54) is 0 Å². The number of rotatable bonds is 11. The summed E-state index contributed by atoms with van der Waals surface area (Å²) < 4.78 is 7.32. The quantitative estimate of drug-likeness (QED) is 0.319. The van der Waals surface area contributed by atoms with Crippen LogP contribution in [0.3, 0.4) is 0 Å². The van der Waals surface area contributed by atoms with Crippen LogP contribution in [-0.2, 0) is 11.3 Å². The topological polar surface area (TPSA) is 83.7 Å². The minimum Gasteiger partial charge on any atom is -0.389 e. The lowest BCUT2D eigenvalue weighted by Gasteiger charge is -2.14. The number of hydrogen-bond acceptors (Lipinski definition) is 4. The summed E-state index contributed by atoms with van der Waals surface area (Å²) in [5.41, 5.74) is 0. The van der Waals surface area contributed by atoms with E-state index in [-0.39, 0.29) is 0 Å². The van der Waals surface area contributed by atoms with Gasteiger partial charge < -0.3 is 20.5 Å². The average molecular weight is 325 g/mol. The normalized spacial score (nSPS) is 13.3. The molecule has 1 rings (SSSR count). The Hall–Kier alpha value is -1.60. The van der Waals surface area contributed by atoms with Gasteiger partial charge in [0.1, 0.15) is 0 Å². The predicted octanol–water partition coefficient (Wildman–Crippen LogP) is 0.862. The summed E-state index contributed by atoms with van der Waals surface area (Å²) in [6, 6.07) is 1.92. The first-order chi connectivity index (χ1) is 11.1. The Bertz CT molecular complexity index is 420. The Morgan fingerprint density at radius 3 is 2.83 bits per heavy atom. The van der Waals surface area contributed by atoms with Crippen molar-refractivity contribution in [2.45, 2.75) is 39.8 Å². The first kappa shape index (κ1) is 19.4. The van der Waals surface area contributed by atoms with Gasteiger partial charge in [-0.05, 0) is 25.3 Å². The molecule has 1 unspecified atom stereocenters. The number of aromatic nitrogens is 2. The van der Waals surface area contributed by atoms with E-state index in [9.17, 15) is 5.11 Å². The van der Waals surface area contributed by atoms with Gasteiger partial charge in [-0.25, -0.2) is 0 Å². The van der Waals surface area contributed by atoms with Gasteiger partial charge in [-0.2, -0.15) is 5.10 Å². The van der Waals surface area contributed by atoms with E-state index in [1.807, 2.05) is 23.9 Å². The highest BCUT2D eigenvalue weighted by atomic mass is 16.5. The molecule has 0 fully saturated rings. The minimum atomic E-state index is -0.576. The molecule has 0 aliphatic heterocycles. The largest absolute Gasteiger partial charge is 0.389 e. The molecule has 1 aromatic heterocycles. The third-order valence-electron chi connectivity index (χ3n) is 2.98. The number of nitrogens with one attached hydrogen (secondary N) is 2. The molecule has 0 spiro atoms. The second-order valence-corrected chi connectivity index (χ2v) is 5.85. The molecule has 23 heavy (non-hydrogen) atoms. The Labute approximate surface area is 139 Å². The van der Waals surface area contributed by atoms with Crippen molar-refractivity contribution in [3.8, 4) is 0 Å². The molecule has 0 aromatic carbocycles. The lowest BCUT2D eigenvalue weighted by Crippen LogP contribution is -2.39. The van der Waals surface area contributed by atoms with E-state index in [2.05, 4.69) is 34.6 Å². The molecule has 1 atom stereocenters. The van der Waals surface area contributed by atoms with Crippen molar-refractivity contribution in [3.63, 3.8) is 0 Å². The zero-order chi connectivity index (χ0) is 16.9. The van der Waals surface area contributed by atoms with Crippen LogP contribution in [0.5, 0.6) is 0 Å². The molecule has 7 nitrogen and oxygen atoms in total. The summed E-state index contributed by atoms with van der Waals surface area (Å²) in [7, 11) is 0. The number of guanidine groups is 1. The van der Waals surface area contributed by atoms with Gasteiger partial charge in [0.25, 0.3) is 0 Å². The van der Waals surface area contributed by atoms with E-state index in [0.29, 0.717) is 25.7 Å². The maximum absolute atomic E-state index is 9.88. The van der Waals surface area contributed by atoms with Crippen molar-refractivity contribution in [1.29, 1.82) is 0 Å². The molecule has 3 N–H and O–H groups in total. The molecule has 0 bridgehead atoms. The van der Waals surface area contributed by atoms with Crippen molar-refractivity contribution in [3.05, 3.63) is 18.5 Å². The van der Waals surface area contributed by atoms with Crippen molar-refractivity contribution < 1.29 is 9.84 Å². The highest BCUT2D eigenvalue weighted by Crippen LogP contribution is 1.95. The summed E-state index contributed by atoms with van der Waals surface area (Å²) >= 11 is 0. The molecule has 132 valence electrons. The summed E-state index contributed by atoms with van der Waals surface area (Å²) in [5.74, 6) is 1.19. The SMILES string of the molecule is CCNC(=NCC(O)COCC(C)C)NCCCn1cccn1. The van der Waals surface area contributed by atoms with Crippen molar-refractivity contribution in [2.75, 3.05) is 32.8 Å². The Kier molecular flexibility index (Phi) is 10.1. The van der Waals surface area contributed by atoms with Crippen molar-refractivity contribution in [1.82, 2.24) is 20.4 Å². The van der Waals surface area contributed by atoms with Crippen LogP contribution in [0.15, 0.2) is 23.5 Å². The first-order valence-corrected chi connectivity index (χ1v) is 8.37. The monoisotopic (exact) mass is 325 g/mol. The summed E-state index contributed by atoms with van der Waals surface area (Å²) in [6.07, 6.45) is 4.11. The van der Waals surface area contributed by atoms with Crippen LogP contribution in [0.4, 0.5) is 0 Å². The van der Waals surface area contributed by atoms with Crippen LogP contribution in [0.1, 0.15) is 27.2 Å². The molecular weight excluding hydrogens is 294 g/mol. The van der Waals surface area contributed by atoms with Crippen LogP contribution in [0.2, 0.25) is 0 Å². The maximum Gasteiger partial charge on any atom is 0.191 e. The zero-order valence-electron chi connectivity index (χ0n) is 14.5. The highest BCUT2D eigenvalue weighted by molar-refractivity contribution is 5.79. The summed E-state index contributed by atoms with van der Waals surface area (Å²) in [4.78, 5) is 4.39. The molecular formula is C16H31N5O2. The summed E-state index contributed by atoms with van der Waals surface area (Å²) in [6.45, 7) is 9.94. The lowest BCUT2D eigenvalue weighted by molar-refractivity contribution is 0.0301. The zero-order valence-corrected chi connectivity index (χ0v) is 14.5. The smallest absolute Gasteiger partial charge is 0.191 e. The lowest BCUT2D eigenvalue weighted by atomic mass is 10.2. The molecule has 1 aromatic rings. The third-order valence-corrected chi connectivity index (χ3v) is 2.98. The van der Waals surface area contributed by atoms with Gasteiger partial charge >= 0.3 is 0 Å². The van der Waals surface area contributed by atoms with E-state index in [1.54, 1.807) is 6.20 Å². The fraction of sp³-hybridized carbons (Fsp3) is 0.750. The third kappa shape index (κ3) is 9.91. The van der Waals surface area contributed by atoms with Crippen LogP contribution in [0, 0.1) is 5.92 Å². The number of hydrogen-bond donors (Lipinski definition) is 3. The van der Waals surface area contributed by atoms with Gasteiger partial charge in [-0.1, -0.05) is 13.8 Å². The second-order valence-electron chi connectivity index (χ2n) is 5.85. The Morgan fingerprint density at radius 1 is 1.35 bits per heavy atom. The van der Waals surface area contributed by atoms with E-state index in [4.69, 9.17) is 4.74 Å². The van der Waals surface area contributed by atoms with Crippen molar-refractivity contribution in [2.24, 2.45) is 10.9 Å². The molecule has 0 aliphatic carbocycles. The van der Waals surface area contributed by atoms with E-state index >= 15 is 0 Å². The Balaban J connectivity index is 2.23. The average Bonchev–Trinajstić information content (AvgIpc) is 3.02. The van der Waals surface area contributed by atoms with Crippen molar-refractivity contribution >= 4 is 5.96 Å². The van der Waals surface area contributed by atoms with Gasteiger partial charge in [0.05, 0.1) is 19.3 Å². The number of ether oxygens (including phenoxy) is 1. The molecule has 7 heteroatoms. The second kappa shape index (κ2) is 11.9. The molecule has 0 saturated carbocycles. The highest BCUT2D eigenvalue weighted by Gasteiger charge is 2.05. The maximum atomic E-state index is 9.88. The van der Waals surface area contributed by atoms with Crippen LogP contribution in [-0.4, -0.2) is 59.8 Å². The van der Waals surface area contributed by atoms with Gasteiger partial charge in [-0.15, -0.1) is 0 Å². The predicted molar refractivity (Wildman–Crippen MR) is 92.5 cm³/mol. The number of nitrogens with zero attached hydrogens (tertiary/aromatic N) is 3. The molecule has 0 radical (unpaired) electrons. The number of aryl methyl sites for hydroxylation is 1. The first-order valence-electron chi connectivity index (χ1n) is 8.37. The molecule has 0 saturated heterocycles. The Morgan fingerprint density at radius 2 is 2.17 bits per heavy atom. The van der Waals surface area contributed by atoms with E-state index < -0.39 is 6.10 Å². The van der Waals surface area contributed by atoms with Crippen LogP contribution < -0.4 is 10.6 Å². The van der Waals surface area contributed by atoms with Gasteiger partial charge in [0, 0.05) is 38.6 Å². The number of aliphatic imine (C=N–C) groups is 1. The standard InChI is InChI=1S/C16H31N5O2/c1-4-17-16(18-7-5-9-21-10-6-8-20-21)19-11-15(22)13-23-12-14(2)3/h6,8,10,14-15,22H,4-5,7,9,11-13H2,1-3H3,(H2,17,18,19). The number of aliphatic hydroxyl groups excluding tert-OH is 1. The fourth-order valence-electron chi connectivity index (χ4n) is 1.91. The van der Waals surface area contributed by atoms with Gasteiger partial charge in [0.2, 0.25) is 0 Å². The van der Waals surface area contributed by atoms with Gasteiger partial charge in [-0.3, -0.25) is 9.67 Å². The van der Waals surface area contributed by atoms with Crippen LogP contribution >= 0.6 is 0 Å². The fourth-order valence-corrected chi connectivity index (χ4v) is 1.91. The minimum absolute atomic E-state index is 0.320. The summed E-state index contributed by atoms with van der Waals surface area (Å²) in [5, 5.41) is 20.5. The molecule has 0 amide bonds. The molecule has 1 heterocycles. The number of aliphatic hydroxyl groups is 1. The molecule has 0 aliphatic rings. The van der Waals surface area contributed by atoms with Gasteiger partial charge in [0.15, 0.2) is 5.96 Å². The van der Waals surface area contributed by atoms with Crippen LogP contribution in [0.25, 0.3) is 0 Å². The van der Waals surface area contributed by atoms with E-state index in [0.717, 1.165) is 32.0 Å².